The van der Waals surface area contributed by atoms with Gasteiger partial charge in [0, 0.05) is 0 Å². The second-order valence-electron chi connectivity index (χ2n) is 10.5. The Morgan fingerprint density at radius 2 is 0.700 bits per heavy atom. The Hall–Kier alpha value is -5.20. The Morgan fingerprint density at radius 1 is 0.250 bits per heavy atom. The minimum atomic E-state index is 1.24. The number of rotatable bonds is 3. The molecule has 0 radical (unpaired) electrons. The van der Waals surface area contributed by atoms with E-state index in [2.05, 4.69) is 158 Å². The molecule has 0 unspecified atom stereocenters. The van der Waals surface area contributed by atoms with Crippen molar-refractivity contribution in [1.29, 1.82) is 0 Å². The van der Waals surface area contributed by atoms with Crippen molar-refractivity contribution < 1.29 is 0 Å². The van der Waals surface area contributed by atoms with Gasteiger partial charge in [0.05, 0.1) is 0 Å². The first kappa shape index (κ1) is 22.8. The van der Waals surface area contributed by atoms with Crippen molar-refractivity contribution in [3.05, 3.63) is 158 Å². The average Bonchev–Trinajstić information content (AvgIpc) is 3.03. The summed E-state index contributed by atoms with van der Waals surface area (Å²) in [5.74, 6) is 0. The van der Waals surface area contributed by atoms with Crippen LogP contribution in [0.1, 0.15) is 0 Å². The zero-order valence-electron chi connectivity index (χ0n) is 22.0. The van der Waals surface area contributed by atoms with Gasteiger partial charge in [-0.3, -0.25) is 0 Å². The van der Waals surface area contributed by atoms with Crippen LogP contribution in [0.5, 0.6) is 0 Å². The third-order valence-corrected chi connectivity index (χ3v) is 8.25. The van der Waals surface area contributed by atoms with Gasteiger partial charge in [0.25, 0.3) is 0 Å². The summed E-state index contributed by atoms with van der Waals surface area (Å²) in [6.45, 7) is 0. The molecule has 0 heterocycles. The molecule has 0 atom stereocenters. The highest BCUT2D eigenvalue weighted by Crippen LogP contribution is 2.47. The Kier molecular flexibility index (Phi) is 5.24. The van der Waals surface area contributed by atoms with E-state index in [1.807, 2.05) is 0 Å². The molecule has 0 aliphatic carbocycles. The summed E-state index contributed by atoms with van der Waals surface area (Å²) < 4.78 is 0. The monoisotopic (exact) mass is 506 g/mol. The molecule has 0 amide bonds. The topological polar surface area (TPSA) is 0 Å². The van der Waals surface area contributed by atoms with Gasteiger partial charge < -0.3 is 0 Å². The first-order valence-corrected chi connectivity index (χ1v) is 13.9. The summed E-state index contributed by atoms with van der Waals surface area (Å²) in [5, 5.41) is 10.2. The molecule has 40 heavy (non-hydrogen) atoms. The molecule has 0 nitrogen and oxygen atoms in total. The van der Waals surface area contributed by atoms with E-state index < -0.39 is 0 Å². The number of fused-ring (bicyclic) bond motifs is 4. The third kappa shape index (κ3) is 3.54. The van der Waals surface area contributed by atoms with Gasteiger partial charge in [-0.2, -0.15) is 0 Å². The van der Waals surface area contributed by atoms with Crippen LogP contribution in [0.25, 0.3) is 76.5 Å². The van der Waals surface area contributed by atoms with Gasteiger partial charge in [-0.1, -0.05) is 152 Å². The third-order valence-electron chi connectivity index (χ3n) is 8.25. The minimum absolute atomic E-state index is 1.24. The SMILES string of the molecule is c1ccc(-c2c3ccccc3c(-c3cccc4ccccc34)c3ccccc23)c(-c2ccc3ccccc3c2)c1. The fourth-order valence-corrected chi connectivity index (χ4v) is 6.46. The van der Waals surface area contributed by atoms with Gasteiger partial charge in [0.15, 0.2) is 0 Å². The minimum Gasteiger partial charge on any atom is -0.0616 e. The predicted octanol–water partition coefficient (Wildman–Crippen LogP) is 11.3. The van der Waals surface area contributed by atoms with E-state index in [1.165, 1.54) is 76.5 Å². The quantitative estimate of drug-likeness (QED) is 0.209. The second kappa shape index (κ2) is 9.22. The fraction of sp³-hybridized carbons (Fsp3) is 0. The lowest BCUT2D eigenvalue weighted by Crippen LogP contribution is -1.93. The maximum Gasteiger partial charge on any atom is -0.00201 e. The number of hydrogen-bond donors (Lipinski definition) is 0. The van der Waals surface area contributed by atoms with Gasteiger partial charge in [-0.25, -0.2) is 0 Å². The lowest BCUT2D eigenvalue weighted by molar-refractivity contribution is 1.62. The van der Waals surface area contributed by atoms with Crippen LogP contribution < -0.4 is 0 Å². The Labute approximate surface area is 233 Å². The smallest absolute Gasteiger partial charge is 0.00201 e. The van der Waals surface area contributed by atoms with Crippen LogP contribution in [0.15, 0.2) is 158 Å². The molecule has 0 spiro atoms. The number of hydrogen-bond acceptors (Lipinski definition) is 0. The van der Waals surface area contributed by atoms with Crippen LogP contribution in [-0.2, 0) is 0 Å². The zero-order chi connectivity index (χ0) is 26.5. The molecule has 0 aliphatic heterocycles. The van der Waals surface area contributed by atoms with Crippen molar-refractivity contribution >= 4 is 43.1 Å². The van der Waals surface area contributed by atoms with E-state index in [0.29, 0.717) is 0 Å². The summed E-state index contributed by atoms with van der Waals surface area (Å²) in [6.07, 6.45) is 0. The molecule has 0 saturated carbocycles. The molecule has 0 N–H and O–H groups in total. The summed E-state index contributed by atoms with van der Waals surface area (Å²) in [5.41, 5.74) is 7.62. The van der Waals surface area contributed by atoms with Crippen molar-refractivity contribution in [2.75, 3.05) is 0 Å². The standard InChI is InChI=1S/C40H26/c1-2-14-29-26-30(25-24-27(29)12-1)32-17-5-6-18-33(32)39-35-19-7-9-21-37(35)40(38-22-10-8-20-36(38)39)34-23-11-15-28-13-3-4-16-31(28)34/h1-26H. The Balaban J connectivity index is 1.49. The van der Waals surface area contributed by atoms with Crippen molar-refractivity contribution in [3.8, 4) is 33.4 Å². The van der Waals surface area contributed by atoms with Crippen molar-refractivity contribution in [3.63, 3.8) is 0 Å². The molecule has 0 fully saturated rings. The number of benzene rings is 8. The molecule has 8 rings (SSSR count). The molecule has 0 heteroatoms. The normalized spacial score (nSPS) is 11.5. The predicted molar refractivity (Wildman–Crippen MR) is 173 cm³/mol. The van der Waals surface area contributed by atoms with E-state index >= 15 is 0 Å². The highest BCUT2D eigenvalue weighted by molar-refractivity contribution is 6.24. The van der Waals surface area contributed by atoms with Gasteiger partial charge >= 0.3 is 0 Å². The largest absolute Gasteiger partial charge is 0.0616 e. The second-order valence-corrected chi connectivity index (χ2v) is 10.5. The molecule has 0 aromatic heterocycles. The van der Waals surface area contributed by atoms with Gasteiger partial charge in [0.2, 0.25) is 0 Å². The van der Waals surface area contributed by atoms with Crippen molar-refractivity contribution in [2.45, 2.75) is 0 Å². The Morgan fingerprint density at radius 3 is 1.38 bits per heavy atom. The fourth-order valence-electron chi connectivity index (χ4n) is 6.46. The molecule has 0 saturated heterocycles. The molecule has 8 aromatic carbocycles. The molecule has 0 aliphatic rings. The van der Waals surface area contributed by atoms with Crippen LogP contribution in [0.3, 0.4) is 0 Å². The van der Waals surface area contributed by atoms with Gasteiger partial charge in [-0.15, -0.1) is 0 Å². The first-order valence-electron chi connectivity index (χ1n) is 13.9. The molecule has 0 bridgehead atoms. The highest BCUT2D eigenvalue weighted by atomic mass is 14.2. The lowest BCUT2D eigenvalue weighted by Gasteiger charge is -2.20. The zero-order valence-corrected chi connectivity index (χ0v) is 22.0. The van der Waals surface area contributed by atoms with E-state index in [0.717, 1.165) is 0 Å². The van der Waals surface area contributed by atoms with Crippen LogP contribution in [-0.4, -0.2) is 0 Å². The van der Waals surface area contributed by atoms with E-state index in [4.69, 9.17) is 0 Å². The summed E-state index contributed by atoms with van der Waals surface area (Å²) in [4.78, 5) is 0. The van der Waals surface area contributed by atoms with Crippen LogP contribution >= 0.6 is 0 Å². The van der Waals surface area contributed by atoms with Gasteiger partial charge in [-0.05, 0) is 82.5 Å². The molecular formula is C40H26. The van der Waals surface area contributed by atoms with Crippen LogP contribution in [0, 0.1) is 0 Å². The maximum absolute atomic E-state index is 2.32. The van der Waals surface area contributed by atoms with Crippen molar-refractivity contribution in [2.24, 2.45) is 0 Å². The van der Waals surface area contributed by atoms with Gasteiger partial charge in [0.1, 0.15) is 0 Å². The molecular weight excluding hydrogens is 480 g/mol. The summed E-state index contributed by atoms with van der Waals surface area (Å²) >= 11 is 0. The van der Waals surface area contributed by atoms with E-state index in [1.54, 1.807) is 0 Å². The highest BCUT2D eigenvalue weighted by Gasteiger charge is 2.19. The first-order chi connectivity index (χ1) is 19.9. The van der Waals surface area contributed by atoms with Crippen molar-refractivity contribution in [1.82, 2.24) is 0 Å². The average molecular weight is 507 g/mol. The molecule has 186 valence electrons. The molecule has 8 aromatic rings. The summed E-state index contributed by atoms with van der Waals surface area (Å²) in [7, 11) is 0. The van der Waals surface area contributed by atoms with Crippen LogP contribution in [0.2, 0.25) is 0 Å². The van der Waals surface area contributed by atoms with Crippen LogP contribution in [0.4, 0.5) is 0 Å². The van der Waals surface area contributed by atoms with E-state index in [9.17, 15) is 0 Å². The lowest BCUT2D eigenvalue weighted by atomic mass is 9.83. The Bertz CT molecular complexity index is 2150. The summed E-state index contributed by atoms with van der Waals surface area (Å²) in [6, 6.07) is 57.5. The maximum atomic E-state index is 2.32. The van der Waals surface area contributed by atoms with E-state index in [-0.39, 0.29) is 0 Å².